The van der Waals surface area contributed by atoms with E-state index in [4.69, 9.17) is 0 Å². The first-order chi connectivity index (χ1) is 14.4. The van der Waals surface area contributed by atoms with Gasteiger partial charge in [0.25, 0.3) is 0 Å². The van der Waals surface area contributed by atoms with Gasteiger partial charge in [-0.25, -0.2) is 0 Å². The summed E-state index contributed by atoms with van der Waals surface area (Å²) in [6.45, 7) is 0. The van der Waals surface area contributed by atoms with E-state index in [9.17, 15) is 0 Å². The van der Waals surface area contributed by atoms with E-state index < -0.39 is 14.2 Å². The minimum absolute atomic E-state index is 0.524. The number of hydrogen-bond acceptors (Lipinski definition) is 3. The maximum atomic E-state index is 3.67. The molecule has 4 rings (SSSR count). The van der Waals surface area contributed by atoms with Gasteiger partial charge < -0.3 is 0 Å². The minimum Gasteiger partial charge on any atom is -0.199 e. The van der Waals surface area contributed by atoms with Gasteiger partial charge in [0.05, 0.1) is 0 Å². The normalized spacial score (nSPS) is 11.1. The van der Waals surface area contributed by atoms with Crippen molar-refractivity contribution in [3.8, 4) is 0 Å². The maximum Gasteiger partial charge on any atom is 0.0333 e. The fraction of sp³-hybridized carbons (Fsp3) is 0. The second kappa shape index (κ2) is 11.0. The molecule has 0 heterocycles. The van der Waals surface area contributed by atoms with E-state index in [1.165, 1.54) is 21.2 Å². The first-order valence-electron chi connectivity index (χ1n) is 9.31. The molecule has 0 aliphatic heterocycles. The van der Waals surface area contributed by atoms with E-state index in [2.05, 4.69) is 125 Å². The van der Waals surface area contributed by atoms with Crippen LogP contribution in [0.25, 0.3) is 0 Å². The standard InChI is InChI=1S/C24H21NP2S2/c1-5-13-21(14-6-1)26(22-15-7-2-8-16-22)28-25-29-27(23-17-9-3-10-18-23)24-19-11-4-12-20-24/h1-20,25H. The third-order valence-corrected chi connectivity index (χ3v) is 13.2. The van der Waals surface area contributed by atoms with Gasteiger partial charge in [-0.1, -0.05) is 121 Å². The molecule has 0 saturated heterocycles. The summed E-state index contributed by atoms with van der Waals surface area (Å²) < 4.78 is 3.67. The molecule has 0 spiro atoms. The summed E-state index contributed by atoms with van der Waals surface area (Å²) in [5.41, 5.74) is 0. The van der Waals surface area contributed by atoms with Crippen molar-refractivity contribution in [1.82, 2.24) is 4.13 Å². The van der Waals surface area contributed by atoms with E-state index in [1.807, 2.05) is 23.1 Å². The van der Waals surface area contributed by atoms with E-state index in [1.54, 1.807) is 0 Å². The Kier molecular flexibility index (Phi) is 7.82. The Morgan fingerprint density at radius 1 is 0.379 bits per heavy atom. The van der Waals surface area contributed by atoms with E-state index in [0.29, 0.717) is 0 Å². The van der Waals surface area contributed by atoms with Gasteiger partial charge in [-0.2, -0.15) is 4.13 Å². The third-order valence-electron chi connectivity index (χ3n) is 4.22. The zero-order chi connectivity index (χ0) is 19.7. The molecule has 0 radical (unpaired) electrons. The monoisotopic (exact) mass is 449 g/mol. The van der Waals surface area contributed by atoms with Crippen molar-refractivity contribution >= 4 is 58.6 Å². The highest BCUT2D eigenvalue weighted by molar-refractivity contribution is 8.68. The fourth-order valence-electron chi connectivity index (χ4n) is 2.85. The molecule has 0 aliphatic carbocycles. The van der Waals surface area contributed by atoms with Crippen LogP contribution in [0.2, 0.25) is 0 Å². The second-order valence-corrected chi connectivity index (χ2v) is 13.8. The molecular formula is C24H21NP2S2. The topological polar surface area (TPSA) is 12.0 Å². The molecule has 0 atom stereocenters. The Balaban J connectivity index is 1.53. The van der Waals surface area contributed by atoms with Crippen molar-refractivity contribution in [3.05, 3.63) is 121 Å². The van der Waals surface area contributed by atoms with Gasteiger partial charge in [0.15, 0.2) is 0 Å². The van der Waals surface area contributed by atoms with Gasteiger partial charge in [-0.3, -0.25) is 0 Å². The van der Waals surface area contributed by atoms with Crippen molar-refractivity contribution in [2.75, 3.05) is 0 Å². The van der Waals surface area contributed by atoms with Crippen LogP contribution in [0.1, 0.15) is 0 Å². The molecule has 0 fully saturated rings. The van der Waals surface area contributed by atoms with E-state index in [0.717, 1.165) is 0 Å². The predicted octanol–water partition coefficient (Wildman–Crippen LogP) is 5.97. The van der Waals surface area contributed by atoms with Crippen LogP contribution < -0.4 is 25.3 Å². The molecule has 1 N–H and O–H groups in total. The van der Waals surface area contributed by atoms with Crippen LogP contribution in [0, 0.1) is 0 Å². The quantitative estimate of drug-likeness (QED) is 0.263. The molecule has 4 aromatic rings. The Bertz CT molecular complexity index is 824. The van der Waals surface area contributed by atoms with Gasteiger partial charge in [-0.15, -0.1) is 0 Å². The lowest BCUT2D eigenvalue weighted by Gasteiger charge is -2.21. The molecule has 0 amide bonds. The van der Waals surface area contributed by atoms with Gasteiger partial charge in [0, 0.05) is 14.2 Å². The molecule has 144 valence electrons. The van der Waals surface area contributed by atoms with Crippen LogP contribution in [0.4, 0.5) is 0 Å². The lowest BCUT2D eigenvalue weighted by molar-refractivity contribution is 1.75. The molecule has 4 aromatic carbocycles. The zero-order valence-corrected chi connectivity index (χ0v) is 19.2. The zero-order valence-electron chi connectivity index (χ0n) is 15.8. The number of rotatable bonds is 8. The van der Waals surface area contributed by atoms with Crippen molar-refractivity contribution in [1.29, 1.82) is 0 Å². The van der Waals surface area contributed by atoms with Crippen LogP contribution in [0.3, 0.4) is 0 Å². The predicted molar refractivity (Wildman–Crippen MR) is 136 cm³/mol. The summed E-state index contributed by atoms with van der Waals surface area (Å²) in [6.07, 6.45) is 0. The number of hydrogen-bond donors (Lipinski definition) is 1. The summed E-state index contributed by atoms with van der Waals surface area (Å²) in [5.74, 6) is 0. The van der Waals surface area contributed by atoms with Crippen LogP contribution >= 0.6 is 37.4 Å². The second-order valence-electron chi connectivity index (χ2n) is 6.20. The average molecular weight is 450 g/mol. The summed E-state index contributed by atoms with van der Waals surface area (Å²) in [6, 6.07) is 43.2. The van der Waals surface area contributed by atoms with Gasteiger partial charge in [0.1, 0.15) is 0 Å². The highest BCUT2D eigenvalue weighted by Gasteiger charge is 2.18. The smallest absolute Gasteiger partial charge is 0.0333 e. The van der Waals surface area contributed by atoms with E-state index in [-0.39, 0.29) is 0 Å². The number of benzene rings is 4. The number of nitrogens with one attached hydrogen (secondary N) is 1. The lowest BCUT2D eigenvalue weighted by atomic mass is 10.4. The molecule has 0 unspecified atom stereocenters. The Morgan fingerprint density at radius 2 is 0.621 bits per heavy atom. The van der Waals surface area contributed by atoms with Crippen molar-refractivity contribution in [3.63, 3.8) is 0 Å². The summed E-state index contributed by atoms with van der Waals surface area (Å²) in [7, 11) is -1.05. The Labute approximate surface area is 183 Å². The van der Waals surface area contributed by atoms with Crippen LogP contribution in [0.5, 0.6) is 0 Å². The Hall–Kier alpha value is -1.60. The third kappa shape index (κ3) is 5.72. The van der Waals surface area contributed by atoms with Crippen molar-refractivity contribution in [2.24, 2.45) is 0 Å². The van der Waals surface area contributed by atoms with Crippen molar-refractivity contribution in [2.45, 2.75) is 0 Å². The molecule has 5 heteroatoms. The summed E-state index contributed by atoms with van der Waals surface area (Å²) in [4.78, 5) is 0. The molecule has 0 aromatic heterocycles. The van der Waals surface area contributed by atoms with E-state index >= 15 is 0 Å². The molecule has 29 heavy (non-hydrogen) atoms. The first-order valence-corrected chi connectivity index (χ1v) is 14.8. The molecular weight excluding hydrogens is 428 g/mol. The van der Waals surface area contributed by atoms with Crippen LogP contribution in [-0.2, 0) is 0 Å². The highest BCUT2D eigenvalue weighted by atomic mass is 32.8. The molecule has 0 saturated carbocycles. The fourth-order valence-corrected chi connectivity index (χ4v) is 11.6. The molecule has 0 aliphatic rings. The molecule has 1 nitrogen and oxygen atoms in total. The highest BCUT2D eigenvalue weighted by Crippen LogP contribution is 2.52. The summed E-state index contributed by atoms with van der Waals surface area (Å²) >= 11 is 3.68. The maximum absolute atomic E-state index is 3.67. The largest absolute Gasteiger partial charge is 0.199 e. The minimum atomic E-state index is -0.524. The van der Waals surface area contributed by atoms with Crippen LogP contribution in [-0.4, -0.2) is 0 Å². The van der Waals surface area contributed by atoms with Gasteiger partial charge >= 0.3 is 0 Å². The Morgan fingerprint density at radius 3 is 0.862 bits per heavy atom. The summed E-state index contributed by atoms with van der Waals surface area (Å²) in [5, 5.41) is 5.48. The van der Waals surface area contributed by atoms with Crippen LogP contribution in [0.15, 0.2) is 121 Å². The molecule has 0 bridgehead atoms. The van der Waals surface area contributed by atoms with Gasteiger partial charge in [0.2, 0.25) is 0 Å². The average Bonchev–Trinajstić information content (AvgIpc) is 2.81. The lowest BCUT2D eigenvalue weighted by Crippen LogP contribution is -2.13. The SMILES string of the molecule is c1ccc(P(SNSP(c2ccccc2)c2ccccc2)c2ccccc2)cc1. The van der Waals surface area contributed by atoms with Crippen molar-refractivity contribution < 1.29 is 0 Å². The van der Waals surface area contributed by atoms with Gasteiger partial charge in [-0.05, 0) is 44.4 Å². The first kappa shape index (κ1) is 20.7.